The third-order valence-electron chi connectivity index (χ3n) is 4.37. The molecule has 0 fully saturated rings. The maximum Gasteiger partial charge on any atom is 0.272 e. The molecule has 3 rings (SSSR count). The van der Waals surface area contributed by atoms with Gasteiger partial charge < -0.3 is 14.8 Å². The first kappa shape index (κ1) is 19.1. The lowest BCUT2D eigenvalue weighted by molar-refractivity contribution is 0.0818. The minimum Gasteiger partial charge on any atom is -0.496 e. The Kier molecular flexibility index (Phi) is 6.60. The predicted octanol–water partition coefficient (Wildman–Crippen LogP) is 4.82. The Bertz CT molecular complexity index is 883. The zero-order valence-corrected chi connectivity index (χ0v) is 15.3. The zero-order valence-electron chi connectivity index (χ0n) is 15.3. The fourth-order valence-electron chi connectivity index (χ4n) is 3.09. The van der Waals surface area contributed by atoms with Crippen LogP contribution in [0.4, 0.5) is 8.78 Å². The van der Waals surface area contributed by atoms with Crippen LogP contribution in [0, 0.1) is 0 Å². The Hall–Kier alpha value is -2.66. The number of fused-ring (bicyclic) bond motifs is 1. The van der Waals surface area contributed by atoms with Crippen molar-refractivity contribution in [2.45, 2.75) is 19.4 Å². The van der Waals surface area contributed by atoms with Crippen molar-refractivity contribution in [3.05, 3.63) is 71.8 Å². The molecular formula is C22H23F2NO2. The molecule has 0 aliphatic heterocycles. The first-order valence-electron chi connectivity index (χ1n) is 8.92. The average Bonchev–Trinajstić information content (AvgIpc) is 2.70. The molecule has 142 valence electrons. The third-order valence-corrected chi connectivity index (χ3v) is 4.37. The van der Waals surface area contributed by atoms with Crippen molar-refractivity contribution in [3.63, 3.8) is 0 Å². The van der Waals surface area contributed by atoms with Gasteiger partial charge in [0, 0.05) is 11.9 Å². The molecule has 27 heavy (non-hydrogen) atoms. The molecule has 3 aromatic carbocycles. The standard InChI is InChI=1S/C22H23F2NO2/c1-26-21-10-9-17(19-7-2-3-8-20(19)21)11-12-25-14-16-5-4-6-18(13-16)27-15-22(23)24/h2-10,13,22,25H,11-12,14-15H2,1H3. The van der Waals surface area contributed by atoms with Crippen LogP contribution in [0.15, 0.2) is 60.7 Å². The molecule has 0 amide bonds. The van der Waals surface area contributed by atoms with Gasteiger partial charge in [0.25, 0.3) is 6.43 Å². The molecule has 0 spiro atoms. The van der Waals surface area contributed by atoms with Gasteiger partial charge in [0.1, 0.15) is 18.1 Å². The molecule has 3 nitrogen and oxygen atoms in total. The van der Waals surface area contributed by atoms with Crippen molar-refractivity contribution < 1.29 is 18.3 Å². The number of hydrogen-bond acceptors (Lipinski definition) is 3. The molecule has 0 bridgehead atoms. The van der Waals surface area contributed by atoms with Crippen molar-refractivity contribution in [2.75, 3.05) is 20.3 Å². The lowest BCUT2D eigenvalue weighted by Gasteiger charge is -2.11. The summed E-state index contributed by atoms with van der Waals surface area (Å²) in [5.41, 5.74) is 2.26. The first-order valence-corrected chi connectivity index (χ1v) is 8.92. The molecule has 5 heteroatoms. The van der Waals surface area contributed by atoms with E-state index in [1.807, 2.05) is 30.3 Å². The highest BCUT2D eigenvalue weighted by Crippen LogP contribution is 2.28. The minimum absolute atomic E-state index is 0.468. The van der Waals surface area contributed by atoms with Crippen LogP contribution in [0.25, 0.3) is 10.8 Å². The van der Waals surface area contributed by atoms with Crippen LogP contribution in [0.5, 0.6) is 11.5 Å². The molecule has 0 atom stereocenters. The minimum atomic E-state index is -2.47. The molecule has 0 unspecified atom stereocenters. The summed E-state index contributed by atoms with van der Waals surface area (Å²) in [6, 6.07) is 19.6. The lowest BCUT2D eigenvalue weighted by atomic mass is 10.0. The van der Waals surface area contributed by atoms with Gasteiger partial charge in [-0.3, -0.25) is 0 Å². The largest absolute Gasteiger partial charge is 0.496 e. The van der Waals surface area contributed by atoms with Crippen LogP contribution in [-0.4, -0.2) is 26.7 Å². The van der Waals surface area contributed by atoms with Gasteiger partial charge in [-0.2, -0.15) is 0 Å². The lowest BCUT2D eigenvalue weighted by Crippen LogP contribution is -2.17. The van der Waals surface area contributed by atoms with Gasteiger partial charge >= 0.3 is 0 Å². The molecule has 0 heterocycles. The fourth-order valence-corrected chi connectivity index (χ4v) is 3.09. The summed E-state index contributed by atoms with van der Waals surface area (Å²) in [5, 5.41) is 5.71. The van der Waals surface area contributed by atoms with Gasteiger partial charge in [-0.25, -0.2) is 8.78 Å². The fraction of sp³-hybridized carbons (Fsp3) is 0.273. The Morgan fingerprint density at radius 2 is 1.78 bits per heavy atom. The highest BCUT2D eigenvalue weighted by molar-refractivity contribution is 5.91. The topological polar surface area (TPSA) is 30.5 Å². The number of ether oxygens (including phenoxy) is 2. The van der Waals surface area contributed by atoms with E-state index in [1.54, 1.807) is 19.2 Å². The highest BCUT2D eigenvalue weighted by atomic mass is 19.3. The van der Waals surface area contributed by atoms with Gasteiger partial charge in [0.05, 0.1) is 7.11 Å². The number of benzene rings is 3. The van der Waals surface area contributed by atoms with Gasteiger partial charge in [0.2, 0.25) is 0 Å². The van der Waals surface area contributed by atoms with E-state index < -0.39 is 13.0 Å². The summed E-state index contributed by atoms with van der Waals surface area (Å²) in [6.45, 7) is 0.875. The smallest absolute Gasteiger partial charge is 0.272 e. The number of nitrogens with one attached hydrogen (secondary N) is 1. The maximum absolute atomic E-state index is 12.2. The normalized spacial score (nSPS) is 11.1. The third kappa shape index (κ3) is 5.17. The number of methoxy groups -OCH3 is 1. The van der Waals surface area contributed by atoms with Gasteiger partial charge in [-0.05, 0) is 47.7 Å². The van der Waals surface area contributed by atoms with E-state index in [-0.39, 0.29) is 0 Å². The summed E-state index contributed by atoms with van der Waals surface area (Å²) in [7, 11) is 1.68. The van der Waals surface area contributed by atoms with Gasteiger partial charge in [-0.1, -0.05) is 42.5 Å². The monoisotopic (exact) mass is 371 g/mol. The van der Waals surface area contributed by atoms with Crippen molar-refractivity contribution in [1.29, 1.82) is 0 Å². The van der Waals surface area contributed by atoms with Crippen LogP contribution in [-0.2, 0) is 13.0 Å². The molecule has 0 saturated heterocycles. The number of rotatable bonds is 9. The Labute approximate surface area is 157 Å². The SMILES string of the molecule is COc1ccc(CCNCc2cccc(OCC(F)F)c2)c2ccccc12. The summed E-state index contributed by atoms with van der Waals surface area (Å²) in [4.78, 5) is 0. The Balaban J connectivity index is 1.57. The molecule has 0 aliphatic carbocycles. The predicted molar refractivity (Wildman–Crippen MR) is 104 cm³/mol. The molecule has 0 radical (unpaired) electrons. The van der Waals surface area contributed by atoms with E-state index in [0.717, 1.165) is 29.7 Å². The molecule has 3 aromatic rings. The van der Waals surface area contributed by atoms with Crippen molar-refractivity contribution in [2.24, 2.45) is 0 Å². The molecule has 1 N–H and O–H groups in total. The molecule has 0 aromatic heterocycles. The molecular weight excluding hydrogens is 348 g/mol. The average molecular weight is 371 g/mol. The Morgan fingerprint density at radius 3 is 2.56 bits per heavy atom. The van der Waals surface area contributed by atoms with E-state index in [1.165, 1.54) is 10.9 Å². The summed E-state index contributed by atoms with van der Waals surface area (Å²) in [5.74, 6) is 1.35. The zero-order chi connectivity index (χ0) is 19.1. The second-order valence-electron chi connectivity index (χ2n) is 6.25. The van der Waals surface area contributed by atoms with E-state index in [4.69, 9.17) is 9.47 Å². The summed E-state index contributed by atoms with van der Waals surface area (Å²) in [6.07, 6.45) is -1.59. The van der Waals surface area contributed by atoms with Crippen molar-refractivity contribution in [1.82, 2.24) is 5.32 Å². The Morgan fingerprint density at radius 1 is 0.963 bits per heavy atom. The van der Waals surface area contributed by atoms with Crippen molar-refractivity contribution in [3.8, 4) is 11.5 Å². The summed E-state index contributed by atoms with van der Waals surface area (Å²) >= 11 is 0. The number of hydrogen-bond donors (Lipinski definition) is 1. The van der Waals surface area contributed by atoms with E-state index in [0.29, 0.717) is 12.3 Å². The van der Waals surface area contributed by atoms with Crippen LogP contribution in [0.2, 0.25) is 0 Å². The van der Waals surface area contributed by atoms with E-state index in [2.05, 4.69) is 23.5 Å². The van der Waals surface area contributed by atoms with Gasteiger partial charge in [-0.15, -0.1) is 0 Å². The van der Waals surface area contributed by atoms with Crippen LogP contribution in [0.1, 0.15) is 11.1 Å². The second-order valence-corrected chi connectivity index (χ2v) is 6.25. The first-order chi connectivity index (χ1) is 13.2. The van der Waals surface area contributed by atoms with Crippen molar-refractivity contribution >= 4 is 10.8 Å². The number of alkyl halides is 2. The van der Waals surface area contributed by atoms with Crippen LogP contribution >= 0.6 is 0 Å². The van der Waals surface area contributed by atoms with Crippen LogP contribution < -0.4 is 14.8 Å². The molecule has 0 aliphatic rings. The maximum atomic E-state index is 12.2. The van der Waals surface area contributed by atoms with E-state index in [9.17, 15) is 8.78 Å². The van der Waals surface area contributed by atoms with Crippen LogP contribution in [0.3, 0.4) is 0 Å². The molecule has 0 saturated carbocycles. The van der Waals surface area contributed by atoms with Gasteiger partial charge in [0.15, 0.2) is 0 Å². The highest BCUT2D eigenvalue weighted by Gasteiger charge is 2.06. The second kappa shape index (κ2) is 9.33. The number of halogens is 2. The quantitative estimate of drug-likeness (QED) is 0.547. The van der Waals surface area contributed by atoms with E-state index >= 15 is 0 Å². The summed E-state index contributed by atoms with van der Waals surface area (Å²) < 4.78 is 35.0.